The molecule has 0 amide bonds. The van der Waals surface area contributed by atoms with Crippen molar-refractivity contribution in [2.45, 2.75) is 61.2 Å². The van der Waals surface area contributed by atoms with Gasteiger partial charge in [0.15, 0.2) is 22.7 Å². The molecule has 0 bridgehead atoms. The summed E-state index contributed by atoms with van der Waals surface area (Å²) in [7, 11) is 0. The normalized spacial score (nSPS) is 11.0. The molecule has 20 heteroatoms. The molecule has 6 aromatic heterocycles. The number of nitrogens with two attached hydrogens (primary N) is 3. The topological polar surface area (TPSA) is 183 Å². The molecule has 0 spiro atoms. The number of hydrogen-bond acceptors (Lipinski definition) is 8. The van der Waals surface area contributed by atoms with Gasteiger partial charge in [0.1, 0.15) is 16.6 Å². The fourth-order valence-electron chi connectivity index (χ4n) is 7.11. The first kappa shape index (κ1) is 53.7. The van der Waals surface area contributed by atoms with Crippen molar-refractivity contribution >= 4 is 193 Å². The quantitative estimate of drug-likeness (QED) is 0.0605. The number of hydrogen-bond donors (Lipinski definition) is 3. The van der Waals surface area contributed by atoms with E-state index in [4.69, 9.17) is 28.8 Å². The molecule has 6 heterocycles. The second-order valence-corrected chi connectivity index (χ2v) is 32.0. The van der Waals surface area contributed by atoms with Gasteiger partial charge in [-0.15, -0.1) is 24.0 Å². The van der Waals surface area contributed by atoms with Gasteiger partial charge in [0.25, 0.3) is 0 Å². The Balaban J connectivity index is 0.000000196. The van der Waals surface area contributed by atoms with Crippen LogP contribution in [0, 0.1) is 17.8 Å². The van der Waals surface area contributed by atoms with Crippen LogP contribution in [0.15, 0.2) is 96.8 Å². The number of benzene rings is 3. The number of guanidine groups is 1. The van der Waals surface area contributed by atoms with Crippen molar-refractivity contribution in [3.8, 4) is 0 Å². The Hall–Kier alpha value is -1.96. The maximum atomic E-state index is 6.20. The van der Waals surface area contributed by atoms with Crippen LogP contribution in [0.5, 0.6) is 0 Å². The molecule has 3 aromatic carbocycles. The third-order valence-corrected chi connectivity index (χ3v) is 9.51. The monoisotopic (exact) mass is 1540 g/mol. The SMILES string of the molecule is CC(C)Cn1cnc2c(Cl)nc3ccccc3c21.CC(C)Cn1cnc2c(N)nc3ccccc3c21.CC(C)Cn1cnc2c(N=C(N)N)nc3ccccc3c21.I.II.I[I-]I. The van der Waals surface area contributed by atoms with Gasteiger partial charge in [-0.05, 0) is 36.0 Å². The van der Waals surface area contributed by atoms with Gasteiger partial charge in [-0.1, -0.05) is 108 Å². The molecule has 0 saturated heterocycles. The first-order chi connectivity index (χ1) is 29.8. The van der Waals surface area contributed by atoms with E-state index in [1.165, 1.54) is 0 Å². The Kier molecular flexibility index (Phi) is 22.0. The Morgan fingerprint density at radius 1 is 0.603 bits per heavy atom. The van der Waals surface area contributed by atoms with Gasteiger partial charge in [0, 0.05) is 73.0 Å². The number of aliphatic imine (C=N–C) groups is 1. The van der Waals surface area contributed by atoms with Crippen LogP contribution in [0.25, 0.3) is 65.8 Å². The summed E-state index contributed by atoms with van der Waals surface area (Å²) >= 11 is 15.7. The first-order valence-electron chi connectivity index (χ1n) is 19.5. The number of anilines is 1. The van der Waals surface area contributed by atoms with Gasteiger partial charge in [0.05, 0.1) is 52.1 Å². The summed E-state index contributed by atoms with van der Waals surface area (Å²) in [5, 5.41) is 3.75. The van der Waals surface area contributed by atoms with Crippen LogP contribution >= 0.6 is 110 Å². The van der Waals surface area contributed by atoms with Gasteiger partial charge in [-0.25, -0.2) is 29.9 Å². The van der Waals surface area contributed by atoms with Gasteiger partial charge in [-0.3, -0.25) is 0 Å². The van der Waals surface area contributed by atoms with Crippen molar-refractivity contribution < 1.29 is 13.3 Å². The molecule has 0 saturated carbocycles. The number of imidazole rings is 3. The van der Waals surface area contributed by atoms with Crippen LogP contribution in [0.4, 0.5) is 11.6 Å². The third-order valence-electron chi connectivity index (χ3n) is 9.25. The number of para-hydroxylation sites is 3. The number of rotatable bonds is 7. The second-order valence-electron chi connectivity index (χ2n) is 15.4. The summed E-state index contributed by atoms with van der Waals surface area (Å²) in [4.78, 5) is 30.7. The van der Waals surface area contributed by atoms with Crippen LogP contribution in [-0.4, -0.2) is 49.6 Å². The predicted molar refractivity (Wildman–Crippen MR) is 306 cm³/mol. The number of halogens is 7. The molecular formula is C43H49ClI6N13-. The van der Waals surface area contributed by atoms with Gasteiger partial charge in [-0.2, -0.15) is 4.99 Å². The van der Waals surface area contributed by atoms with E-state index in [1.807, 2.05) is 79.6 Å². The summed E-state index contributed by atoms with van der Waals surface area (Å²) in [6.07, 6.45) is 5.53. The van der Waals surface area contributed by atoms with Crippen molar-refractivity contribution in [3.05, 3.63) is 96.9 Å². The number of nitrogens with zero attached hydrogens (tertiary/aromatic N) is 10. The van der Waals surface area contributed by atoms with Gasteiger partial charge < -0.3 is 30.9 Å². The van der Waals surface area contributed by atoms with Crippen molar-refractivity contribution in [1.29, 1.82) is 0 Å². The van der Waals surface area contributed by atoms with E-state index in [2.05, 4.69) is 177 Å². The van der Waals surface area contributed by atoms with Crippen LogP contribution in [0.3, 0.4) is 0 Å². The maximum absolute atomic E-state index is 6.20. The van der Waals surface area contributed by atoms with E-state index in [0.717, 1.165) is 85.4 Å². The molecule has 0 aliphatic rings. The predicted octanol–water partition coefficient (Wildman–Crippen LogP) is 10.0. The van der Waals surface area contributed by atoms with E-state index in [0.29, 0.717) is 47.8 Å². The van der Waals surface area contributed by atoms with Crippen molar-refractivity contribution in [2.24, 2.45) is 34.2 Å². The molecule has 9 rings (SSSR count). The zero-order valence-corrected chi connectivity index (χ0v) is 49.3. The molecule has 0 radical (unpaired) electrons. The molecule has 6 N–H and O–H groups in total. The Bertz CT molecular complexity index is 2800. The van der Waals surface area contributed by atoms with Crippen LogP contribution in [0.1, 0.15) is 41.5 Å². The molecule has 0 fully saturated rings. The molecule has 0 atom stereocenters. The molecule has 0 aliphatic carbocycles. The zero-order chi connectivity index (χ0) is 45.1. The summed E-state index contributed by atoms with van der Waals surface area (Å²) in [6.45, 7) is 15.9. The van der Waals surface area contributed by atoms with E-state index in [9.17, 15) is 0 Å². The van der Waals surface area contributed by atoms with Crippen LogP contribution < -0.4 is 30.5 Å². The molecule has 63 heavy (non-hydrogen) atoms. The second kappa shape index (κ2) is 25.8. The summed E-state index contributed by atoms with van der Waals surface area (Å²) in [5.41, 5.74) is 25.2. The van der Waals surface area contributed by atoms with Crippen molar-refractivity contribution in [3.63, 3.8) is 0 Å². The van der Waals surface area contributed by atoms with Crippen LogP contribution in [0.2, 0.25) is 5.15 Å². The molecule has 9 aromatic rings. The average molecular weight is 1540 g/mol. The Labute approximate surface area is 442 Å². The third kappa shape index (κ3) is 13.6. The molecule has 0 aliphatic heterocycles. The standard InChI is InChI=1S/C15H18N6.C14H14ClN3.C14H16N4.I3.I2.HI/c1-9(2)7-21-8-18-12-13(21)10-5-3-4-6-11(10)19-14(12)20-15(16)17;2*1-9(2)7-18-8-16-12-13(18)10-5-3-4-6-11(10)17-14(12)15;1-3-2;1-2;/h3-6,8-9H,7H2,1-2H3,(H4,16,17,19,20);3-6,8-9H,7H2,1-2H3;3-6,8-9H,7H2,1-2H3,(H2,15,17);;;1H/q;;;-1;;. The number of fused-ring (bicyclic) bond motifs is 9. The number of aromatic nitrogens is 9. The minimum atomic E-state index is -0.0162. The Morgan fingerprint density at radius 2 is 0.952 bits per heavy atom. The van der Waals surface area contributed by atoms with E-state index >= 15 is 0 Å². The summed E-state index contributed by atoms with van der Waals surface area (Å²) in [6, 6.07) is 24.0. The van der Waals surface area contributed by atoms with E-state index in [-0.39, 0.29) is 29.9 Å². The van der Waals surface area contributed by atoms with Gasteiger partial charge in [0.2, 0.25) is 0 Å². The van der Waals surface area contributed by atoms with Crippen LogP contribution in [-0.2, 0) is 19.6 Å². The molecule has 336 valence electrons. The number of pyridine rings is 3. The molecular weight excluding hydrogens is 1500 g/mol. The van der Waals surface area contributed by atoms with Gasteiger partial charge >= 0.3 is 50.5 Å². The van der Waals surface area contributed by atoms with E-state index in [1.54, 1.807) is 0 Å². The molecule has 13 nitrogen and oxygen atoms in total. The summed E-state index contributed by atoms with van der Waals surface area (Å²) in [5.74, 6) is 2.60. The van der Waals surface area contributed by atoms with Crippen molar-refractivity contribution in [2.75, 3.05) is 5.73 Å². The zero-order valence-electron chi connectivity index (χ0n) is 35.4. The first-order valence-corrected chi connectivity index (χ1v) is 38.8. The Morgan fingerprint density at radius 3 is 1.38 bits per heavy atom. The number of nitrogen functional groups attached to an aromatic ring is 1. The minimum absolute atomic E-state index is 0. The summed E-state index contributed by atoms with van der Waals surface area (Å²) < 4.78 is 6.46. The fourth-order valence-corrected chi connectivity index (χ4v) is 7.34. The average Bonchev–Trinajstić information content (AvgIpc) is 3.98. The van der Waals surface area contributed by atoms with E-state index < -0.39 is 0 Å². The van der Waals surface area contributed by atoms with Crippen molar-refractivity contribution in [1.82, 2.24) is 43.6 Å². The fraction of sp³-hybridized carbons (Fsp3) is 0.279. The molecule has 0 unspecified atom stereocenters.